The first-order chi connectivity index (χ1) is 13.9. The van der Waals surface area contributed by atoms with Gasteiger partial charge >= 0.3 is 0 Å². The summed E-state index contributed by atoms with van der Waals surface area (Å²) in [5.41, 5.74) is 2.73. The third kappa shape index (κ3) is 4.27. The molecule has 29 heavy (non-hydrogen) atoms. The van der Waals surface area contributed by atoms with Gasteiger partial charge in [0, 0.05) is 21.5 Å². The lowest BCUT2D eigenvalue weighted by molar-refractivity contribution is 0.102. The largest absolute Gasteiger partial charge is 0.293 e. The van der Waals surface area contributed by atoms with Crippen LogP contribution >= 0.6 is 39.0 Å². The van der Waals surface area contributed by atoms with Crippen molar-refractivity contribution in [3.8, 4) is 0 Å². The number of rotatable bonds is 6. The SMILES string of the molecule is C=C(C)Cn1c(SCC(=O)c2ccc(Br)cc2)nc2sc3c(c2c1=O)CCCC3. The molecule has 4 nitrogen and oxygen atoms in total. The highest BCUT2D eigenvalue weighted by atomic mass is 79.9. The van der Waals surface area contributed by atoms with Gasteiger partial charge in [0.2, 0.25) is 0 Å². The molecule has 1 aliphatic rings. The van der Waals surface area contributed by atoms with Gasteiger partial charge in [-0.1, -0.05) is 52.0 Å². The summed E-state index contributed by atoms with van der Waals surface area (Å²) in [4.78, 5) is 32.9. The lowest BCUT2D eigenvalue weighted by Gasteiger charge is -2.13. The van der Waals surface area contributed by atoms with Crippen molar-refractivity contribution in [3.05, 3.63) is 67.2 Å². The van der Waals surface area contributed by atoms with Gasteiger partial charge in [0.1, 0.15) is 4.83 Å². The Hall–Kier alpha value is -1.70. The van der Waals surface area contributed by atoms with E-state index in [2.05, 4.69) is 22.5 Å². The zero-order valence-corrected chi connectivity index (χ0v) is 19.4. The molecule has 2 aromatic heterocycles. The van der Waals surface area contributed by atoms with Gasteiger partial charge in [-0.05, 0) is 50.3 Å². The third-order valence-electron chi connectivity index (χ3n) is 4.97. The minimum absolute atomic E-state index is 0.00371. The molecule has 0 atom stereocenters. The van der Waals surface area contributed by atoms with Crippen LogP contribution in [0, 0.1) is 0 Å². The van der Waals surface area contributed by atoms with Crippen molar-refractivity contribution in [2.24, 2.45) is 0 Å². The number of hydrogen-bond acceptors (Lipinski definition) is 5. The molecule has 0 spiro atoms. The molecule has 0 N–H and O–H groups in total. The molecule has 4 rings (SSSR count). The number of thiophene rings is 1. The van der Waals surface area contributed by atoms with Crippen LogP contribution in [0.4, 0.5) is 0 Å². The molecule has 0 saturated carbocycles. The highest BCUT2D eigenvalue weighted by Crippen LogP contribution is 2.34. The Bertz CT molecular complexity index is 1160. The number of fused-ring (bicyclic) bond motifs is 3. The van der Waals surface area contributed by atoms with Gasteiger partial charge in [0.05, 0.1) is 11.1 Å². The van der Waals surface area contributed by atoms with E-state index in [0.717, 1.165) is 39.5 Å². The molecule has 0 unspecified atom stereocenters. The zero-order valence-electron chi connectivity index (χ0n) is 16.2. The second kappa shape index (κ2) is 8.58. The number of carbonyl (C=O) groups is 1. The summed E-state index contributed by atoms with van der Waals surface area (Å²) in [7, 11) is 0. The van der Waals surface area contributed by atoms with Gasteiger partial charge in [-0.25, -0.2) is 4.98 Å². The first-order valence-corrected chi connectivity index (χ1v) is 12.1. The highest BCUT2D eigenvalue weighted by Gasteiger charge is 2.22. The van der Waals surface area contributed by atoms with Crippen LogP contribution in [0.15, 0.2) is 50.8 Å². The molecule has 7 heteroatoms. The number of thioether (sulfide) groups is 1. The standard InChI is InChI=1S/C22H21BrN2O2S2/c1-13(2)11-25-21(27)19-16-5-3-4-6-18(16)29-20(19)24-22(25)28-12-17(26)14-7-9-15(23)10-8-14/h7-10H,1,3-6,11-12H2,2H3. The maximum absolute atomic E-state index is 13.4. The number of allylic oxidation sites excluding steroid dienone is 1. The number of aromatic nitrogens is 2. The fraction of sp³-hybridized carbons (Fsp3) is 0.318. The molecule has 0 bridgehead atoms. The molecule has 1 aromatic carbocycles. The zero-order chi connectivity index (χ0) is 20.5. The summed E-state index contributed by atoms with van der Waals surface area (Å²) >= 11 is 6.35. The van der Waals surface area contributed by atoms with E-state index in [1.54, 1.807) is 28.0 Å². The van der Waals surface area contributed by atoms with Crippen LogP contribution in [0.2, 0.25) is 0 Å². The maximum Gasteiger partial charge on any atom is 0.263 e. The van der Waals surface area contributed by atoms with E-state index in [0.29, 0.717) is 17.3 Å². The Labute approximate surface area is 186 Å². The summed E-state index contributed by atoms with van der Waals surface area (Å²) in [6, 6.07) is 7.32. The first-order valence-electron chi connectivity index (χ1n) is 9.55. The van der Waals surface area contributed by atoms with E-state index in [1.165, 1.54) is 28.6 Å². The Balaban J connectivity index is 1.70. The van der Waals surface area contributed by atoms with Crippen LogP contribution in [-0.2, 0) is 19.4 Å². The molecule has 150 valence electrons. The topological polar surface area (TPSA) is 52.0 Å². The monoisotopic (exact) mass is 488 g/mol. The van der Waals surface area contributed by atoms with E-state index in [9.17, 15) is 9.59 Å². The molecule has 1 aliphatic carbocycles. The lowest BCUT2D eigenvalue weighted by Crippen LogP contribution is -2.24. The smallest absolute Gasteiger partial charge is 0.263 e. The molecule has 0 saturated heterocycles. The summed E-state index contributed by atoms with van der Waals surface area (Å²) in [6.07, 6.45) is 4.27. The lowest BCUT2D eigenvalue weighted by atomic mass is 9.97. The van der Waals surface area contributed by atoms with Crippen LogP contribution in [0.3, 0.4) is 0 Å². The molecule has 0 radical (unpaired) electrons. The van der Waals surface area contributed by atoms with E-state index in [4.69, 9.17) is 4.98 Å². The van der Waals surface area contributed by atoms with Gasteiger partial charge in [-0.15, -0.1) is 11.3 Å². The number of aryl methyl sites for hydroxylation is 2. The minimum Gasteiger partial charge on any atom is -0.293 e. The number of hydrogen-bond donors (Lipinski definition) is 0. The fourth-order valence-corrected chi connectivity index (χ4v) is 6.05. The van der Waals surface area contributed by atoms with Crippen LogP contribution in [0.1, 0.15) is 40.6 Å². The molecule has 0 fully saturated rings. The quantitative estimate of drug-likeness (QED) is 0.194. The second-order valence-electron chi connectivity index (χ2n) is 7.35. The Kier molecular flexibility index (Phi) is 6.08. The summed E-state index contributed by atoms with van der Waals surface area (Å²) in [5, 5.41) is 1.36. The number of carbonyl (C=O) groups excluding carboxylic acids is 1. The molecular formula is C22H21BrN2O2S2. The molecular weight excluding hydrogens is 468 g/mol. The van der Waals surface area contributed by atoms with Crippen molar-refractivity contribution in [2.45, 2.75) is 44.3 Å². The summed E-state index contributed by atoms with van der Waals surface area (Å²) in [5.74, 6) is 0.255. The van der Waals surface area contributed by atoms with Crippen molar-refractivity contribution < 1.29 is 4.79 Å². The maximum atomic E-state index is 13.4. The Morgan fingerprint density at radius 1 is 1.28 bits per heavy atom. The van der Waals surface area contributed by atoms with Crippen LogP contribution in [0.25, 0.3) is 10.2 Å². The number of ketones is 1. The highest BCUT2D eigenvalue weighted by molar-refractivity contribution is 9.10. The van der Waals surface area contributed by atoms with Crippen molar-refractivity contribution in [2.75, 3.05) is 5.75 Å². The Morgan fingerprint density at radius 3 is 2.72 bits per heavy atom. The van der Waals surface area contributed by atoms with Crippen molar-refractivity contribution in [1.29, 1.82) is 0 Å². The second-order valence-corrected chi connectivity index (χ2v) is 10.3. The third-order valence-corrected chi connectivity index (χ3v) is 7.66. The van der Waals surface area contributed by atoms with Gasteiger partial charge in [-0.3, -0.25) is 14.2 Å². The first kappa shape index (κ1) is 20.6. The summed E-state index contributed by atoms with van der Waals surface area (Å²) in [6.45, 7) is 6.30. The Morgan fingerprint density at radius 2 is 2.00 bits per heavy atom. The summed E-state index contributed by atoms with van der Waals surface area (Å²) < 4.78 is 2.62. The molecule has 0 aliphatic heterocycles. The van der Waals surface area contributed by atoms with Crippen molar-refractivity contribution in [1.82, 2.24) is 9.55 Å². The molecule has 2 heterocycles. The number of nitrogens with zero attached hydrogens (tertiary/aromatic N) is 2. The van der Waals surface area contributed by atoms with E-state index >= 15 is 0 Å². The van der Waals surface area contributed by atoms with Crippen LogP contribution in [-0.4, -0.2) is 21.1 Å². The van der Waals surface area contributed by atoms with E-state index < -0.39 is 0 Å². The normalized spacial score (nSPS) is 13.4. The fourth-order valence-electron chi connectivity index (χ4n) is 3.59. The van der Waals surface area contributed by atoms with Gasteiger partial charge in [0.25, 0.3) is 5.56 Å². The predicted octanol–water partition coefficient (Wildman–Crippen LogP) is 5.65. The van der Waals surface area contributed by atoms with Gasteiger partial charge in [0.15, 0.2) is 10.9 Å². The van der Waals surface area contributed by atoms with E-state index in [-0.39, 0.29) is 17.1 Å². The van der Waals surface area contributed by atoms with E-state index in [1.807, 2.05) is 19.1 Å². The van der Waals surface area contributed by atoms with Crippen molar-refractivity contribution in [3.63, 3.8) is 0 Å². The average Bonchev–Trinajstić information content (AvgIpc) is 3.07. The number of Topliss-reactive ketones (excluding diaryl/α,β-unsaturated/α-hetero) is 1. The molecule has 3 aromatic rings. The molecule has 0 amide bonds. The average molecular weight is 489 g/mol. The number of benzene rings is 1. The predicted molar refractivity (Wildman–Crippen MR) is 125 cm³/mol. The minimum atomic E-state index is -0.00371. The number of halogens is 1. The van der Waals surface area contributed by atoms with Gasteiger partial charge in [-0.2, -0.15) is 0 Å². The van der Waals surface area contributed by atoms with Crippen LogP contribution in [0.5, 0.6) is 0 Å². The van der Waals surface area contributed by atoms with Crippen LogP contribution < -0.4 is 5.56 Å². The van der Waals surface area contributed by atoms with Gasteiger partial charge < -0.3 is 0 Å². The van der Waals surface area contributed by atoms with Crippen molar-refractivity contribution >= 4 is 55.0 Å².